The maximum absolute atomic E-state index is 13.3. The normalized spacial score (nSPS) is 11.2. The summed E-state index contributed by atoms with van der Waals surface area (Å²) in [6.45, 7) is 5.81. The Kier molecular flexibility index (Phi) is 6.53. The summed E-state index contributed by atoms with van der Waals surface area (Å²) in [7, 11) is -4.09. The van der Waals surface area contributed by atoms with Crippen molar-refractivity contribution in [3.8, 4) is 11.5 Å². The van der Waals surface area contributed by atoms with Gasteiger partial charge < -0.3 is 9.05 Å². The number of phosphoric ester groups is 1. The fourth-order valence-corrected chi connectivity index (χ4v) is 3.62. The molecule has 0 saturated carbocycles. The molecule has 0 saturated heterocycles. The quantitative estimate of drug-likeness (QED) is 0.252. The summed E-state index contributed by atoms with van der Waals surface area (Å²) >= 11 is 0. The smallest absolute Gasteiger partial charge is 0.393 e. The van der Waals surface area contributed by atoms with Crippen LogP contribution in [-0.2, 0) is 20.7 Å². The third-order valence-electron chi connectivity index (χ3n) is 4.10. The molecule has 0 unspecified atom stereocenters. The average Bonchev–Trinajstić information content (AvgIpc) is 2.67. The summed E-state index contributed by atoms with van der Waals surface area (Å²) < 4.78 is 29.8. The Morgan fingerprint density at radius 1 is 0.714 bits per heavy atom. The molecule has 0 N–H and O–H groups in total. The molecule has 5 nitrogen and oxygen atoms in total. The second kappa shape index (κ2) is 9.07. The van der Waals surface area contributed by atoms with Crippen LogP contribution in [0.15, 0.2) is 72.8 Å². The maximum atomic E-state index is 13.3. The average molecular weight is 398 g/mol. The lowest BCUT2D eigenvalue weighted by Gasteiger charge is -2.19. The highest BCUT2D eigenvalue weighted by atomic mass is 31.2. The number of rotatable bonds is 8. The van der Waals surface area contributed by atoms with Crippen molar-refractivity contribution in [2.24, 2.45) is 0 Å². The zero-order valence-electron chi connectivity index (χ0n) is 16.1. The maximum Gasteiger partial charge on any atom is 0.615 e. The van der Waals surface area contributed by atoms with E-state index in [4.69, 9.17) is 18.6 Å². The van der Waals surface area contributed by atoms with Gasteiger partial charge in [-0.15, -0.1) is 4.67 Å². The van der Waals surface area contributed by atoms with Crippen molar-refractivity contribution in [3.63, 3.8) is 0 Å². The summed E-state index contributed by atoms with van der Waals surface area (Å²) in [4.78, 5) is 5.24. The summed E-state index contributed by atoms with van der Waals surface area (Å²) in [6, 6.07) is 22.1. The monoisotopic (exact) mass is 398 g/mol. The molecule has 28 heavy (non-hydrogen) atoms. The molecule has 0 aliphatic carbocycles. The van der Waals surface area contributed by atoms with Gasteiger partial charge in [-0.1, -0.05) is 66.2 Å². The lowest BCUT2D eigenvalue weighted by Crippen LogP contribution is -2.07. The van der Waals surface area contributed by atoms with Crippen molar-refractivity contribution >= 4 is 7.82 Å². The van der Waals surface area contributed by atoms with Gasteiger partial charge in [-0.25, -0.2) is 9.45 Å². The zero-order chi connectivity index (χ0) is 20.0. The number of aryl methyl sites for hydroxylation is 3. The van der Waals surface area contributed by atoms with Crippen LogP contribution in [0.2, 0.25) is 0 Å². The first-order chi connectivity index (χ1) is 13.5. The number of benzene rings is 3. The van der Waals surface area contributed by atoms with Gasteiger partial charge >= 0.3 is 7.82 Å². The van der Waals surface area contributed by atoms with Crippen LogP contribution in [0, 0.1) is 20.8 Å². The predicted molar refractivity (Wildman–Crippen MR) is 108 cm³/mol. The molecule has 146 valence electrons. The Hall–Kier alpha value is -2.59. The van der Waals surface area contributed by atoms with Crippen LogP contribution in [0.25, 0.3) is 0 Å². The number of para-hydroxylation sites is 2. The topological polar surface area (TPSA) is 54.0 Å². The number of phosphoric acid groups is 1. The first-order valence-electron chi connectivity index (χ1n) is 8.92. The van der Waals surface area contributed by atoms with E-state index in [-0.39, 0.29) is 6.61 Å². The number of hydrogen-bond acceptors (Lipinski definition) is 5. The highest BCUT2D eigenvalue weighted by Crippen LogP contribution is 2.51. The van der Waals surface area contributed by atoms with Gasteiger partial charge in [-0.3, -0.25) is 0 Å². The van der Waals surface area contributed by atoms with Crippen LogP contribution < -0.4 is 9.05 Å². The molecule has 0 bridgehead atoms. The van der Waals surface area contributed by atoms with Gasteiger partial charge in [0.05, 0.1) is 0 Å². The number of hydrogen-bond donors (Lipinski definition) is 0. The van der Waals surface area contributed by atoms with E-state index in [1.54, 1.807) is 24.3 Å². The van der Waals surface area contributed by atoms with E-state index in [0.717, 1.165) is 22.3 Å². The Morgan fingerprint density at radius 2 is 1.21 bits per heavy atom. The van der Waals surface area contributed by atoms with E-state index in [0.29, 0.717) is 11.5 Å². The molecule has 3 aromatic carbocycles. The van der Waals surface area contributed by atoms with E-state index in [1.165, 1.54) is 0 Å². The van der Waals surface area contributed by atoms with Gasteiger partial charge in [-0.2, -0.15) is 0 Å². The minimum Gasteiger partial charge on any atom is -0.393 e. The van der Waals surface area contributed by atoms with Crippen LogP contribution in [-0.4, -0.2) is 0 Å². The Morgan fingerprint density at radius 3 is 1.71 bits per heavy atom. The molecular formula is C22H23O5P. The van der Waals surface area contributed by atoms with Gasteiger partial charge in [-0.05, 0) is 49.6 Å². The summed E-state index contributed by atoms with van der Waals surface area (Å²) in [5, 5.41) is 0. The molecule has 3 aromatic rings. The highest BCUT2D eigenvalue weighted by molar-refractivity contribution is 7.49. The molecule has 0 aromatic heterocycles. The lowest BCUT2D eigenvalue weighted by molar-refractivity contribution is -0.229. The van der Waals surface area contributed by atoms with Crippen molar-refractivity contribution in [3.05, 3.63) is 95.1 Å². The molecule has 0 radical (unpaired) electrons. The van der Waals surface area contributed by atoms with Crippen LogP contribution in [0.3, 0.4) is 0 Å². The third-order valence-corrected chi connectivity index (χ3v) is 5.23. The van der Waals surface area contributed by atoms with Crippen molar-refractivity contribution in [2.75, 3.05) is 0 Å². The van der Waals surface area contributed by atoms with Gasteiger partial charge in [0.15, 0.2) is 0 Å². The molecule has 0 spiro atoms. The van der Waals surface area contributed by atoms with E-state index < -0.39 is 7.82 Å². The molecule has 3 rings (SSSR count). The van der Waals surface area contributed by atoms with E-state index >= 15 is 0 Å². The van der Waals surface area contributed by atoms with Crippen molar-refractivity contribution in [1.82, 2.24) is 0 Å². The SMILES string of the molecule is Cc1ccc(COOP(=O)(Oc2ccccc2C)Oc2ccccc2C)cc1. The molecule has 0 aliphatic heterocycles. The Balaban J connectivity index is 1.77. The second-order valence-corrected chi connectivity index (χ2v) is 7.89. The van der Waals surface area contributed by atoms with Crippen LogP contribution in [0.4, 0.5) is 0 Å². The van der Waals surface area contributed by atoms with E-state index in [2.05, 4.69) is 0 Å². The van der Waals surface area contributed by atoms with E-state index in [9.17, 15) is 4.57 Å². The summed E-state index contributed by atoms with van der Waals surface area (Å²) in [5.74, 6) is 0.803. The molecule has 6 heteroatoms. The Labute approximate surface area is 165 Å². The lowest BCUT2D eigenvalue weighted by atomic mass is 10.2. The van der Waals surface area contributed by atoms with Crippen molar-refractivity contribution < 1.29 is 23.2 Å². The molecule has 0 atom stereocenters. The van der Waals surface area contributed by atoms with Crippen LogP contribution in [0.5, 0.6) is 11.5 Å². The zero-order valence-corrected chi connectivity index (χ0v) is 17.0. The summed E-state index contributed by atoms with van der Waals surface area (Å²) in [6.07, 6.45) is 0. The molecular weight excluding hydrogens is 375 g/mol. The predicted octanol–water partition coefficient (Wildman–Crippen LogP) is 6.33. The van der Waals surface area contributed by atoms with Gasteiger partial charge in [0.2, 0.25) is 0 Å². The standard InChI is InChI=1S/C22H23O5P/c1-17-12-14-20(15-13-17)16-24-27-28(23,25-21-10-6-4-8-18(21)2)26-22-11-7-5-9-19(22)3/h4-15H,16H2,1-3H3. The minimum atomic E-state index is -4.09. The van der Waals surface area contributed by atoms with Crippen LogP contribution in [0.1, 0.15) is 22.3 Å². The van der Waals surface area contributed by atoms with Gasteiger partial charge in [0.1, 0.15) is 18.1 Å². The van der Waals surface area contributed by atoms with Crippen molar-refractivity contribution in [1.29, 1.82) is 0 Å². The summed E-state index contributed by atoms with van der Waals surface area (Å²) in [5.41, 5.74) is 3.63. The Bertz CT molecular complexity index is 917. The molecule has 0 amide bonds. The molecule has 0 aliphatic rings. The fraction of sp³-hybridized carbons (Fsp3) is 0.182. The van der Waals surface area contributed by atoms with Crippen LogP contribution >= 0.6 is 7.82 Å². The first kappa shape index (κ1) is 20.2. The van der Waals surface area contributed by atoms with Gasteiger partial charge in [0.25, 0.3) is 0 Å². The van der Waals surface area contributed by atoms with E-state index in [1.807, 2.05) is 69.3 Å². The highest BCUT2D eigenvalue weighted by Gasteiger charge is 2.34. The fourth-order valence-electron chi connectivity index (χ4n) is 2.45. The largest absolute Gasteiger partial charge is 0.615 e. The second-order valence-electron chi connectivity index (χ2n) is 6.48. The molecule has 0 heterocycles. The van der Waals surface area contributed by atoms with Gasteiger partial charge in [0, 0.05) is 0 Å². The molecule has 0 fully saturated rings. The van der Waals surface area contributed by atoms with Crippen molar-refractivity contribution in [2.45, 2.75) is 27.4 Å². The third kappa shape index (κ3) is 5.46. The minimum absolute atomic E-state index is 0.110. The first-order valence-corrected chi connectivity index (χ1v) is 10.4.